The maximum absolute atomic E-state index is 10.8. The van der Waals surface area contributed by atoms with Crippen LogP contribution in [0.3, 0.4) is 0 Å². The fourth-order valence-electron chi connectivity index (χ4n) is 2.83. The summed E-state index contributed by atoms with van der Waals surface area (Å²) < 4.78 is 5.29. The van der Waals surface area contributed by atoms with Gasteiger partial charge in [0.05, 0.1) is 7.11 Å². The molecule has 1 aliphatic rings. The summed E-state index contributed by atoms with van der Waals surface area (Å²) in [7, 11) is 1.63. The number of ether oxygens (including phenoxy) is 1. The van der Waals surface area contributed by atoms with Crippen LogP contribution in [-0.2, 0) is 11.3 Å². The molecule has 0 radical (unpaired) electrons. The maximum atomic E-state index is 10.8. The summed E-state index contributed by atoms with van der Waals surface area (Å²) in [5.41, 5.74) is 1.07. The normalized spacial score (nSPS) is 19.8. The molecule has 20 heavy (non-hydrogen) atoms. The Hall–Kier alpha value is -1.62. The molecule has 5 heteroatoms. The van der Waals surface area contributed by atoms with Crippen LogP contribution >= 0.6 is 0 Å². The van der Waals surface area contributed by atoms with Crippen LogP contribution in [0.1, 0.15) is 37.7 Å². The molecule has 1 aliphatic heterocycles. The summed E-state index contributed by atoms with van der Waals surface area (Å²) in [6, 6.07) is 4.28. The lowest BCUT2D eigenvalue weighted by atomic mass is 9.97. The number of likely N-dealkylation sites (tertiary alicyclic amines) is 1. The smallest absolute Gasteiger partial charge is 0.303 e. The van der Waals surface area contributed by atoms with Crippen LogP contribution in [0.4, 0.5) is 0 Å². The minimum absolute atomic E-state index is 0.241. The van der Waals surface area contributed by atoms with Crippen LogP contribution in [-0.4, -0.2) is 40.7 Å². The lowest BCUT2D eigenvalue weighted by molar-refractivity contribution is -0.137. The molecule has 0 aromatic carbocycles. The van der Waals surface area contributed by atoms with Crippen LogP contribution in [0.25, 0.3) is 0 Å². The summed E-state index contributed by atoms with van der Waals surface area (Å²) in [5, 5.41) is 8.85. The average Bonchev–Trinajstić information content (AvgIpc) is 2.47. The Bertz CT molecular complexity index is 450. The highest BCUT2D eigenvalue weighted by atomic mass is 16.5. The second-order valence-electron chi connectivity index (χ2n) is 5.22. The lowest BCUT2D eigenvalue weighted by Gasteiger charge is -2.35. The van der Waals surface area contributed by atoms with Gasteiger partial charge in [0.2, 0.25) is 5.88 Å². The molecule has 2 heterocycles. The van der Waals surface area contributed by atoms with Crippen LogP contribution in [0, 0.1) is 0 Å². The van der Waals surface area contributed by atoms with Crippen LogP contribution in [0.15, 0.2) is 18.3 Å². The van der Waals surface area contributed by atoms with Gasteiger partial charge < -0.3 is 9.84 Å². The molecule has 0 saturated carbocycles. The first kappa shape index (κ1) is 14.8. The highest BCUT2D eigenvalue weighted by Gasteiger charge is 2.23. The Balaban J connectivity index is 2.02. The number of carboxylic acids is 1. The van der Waals surface area contributed by atoms with E-state index in [2.05, 4.69) is 9.88 Å². The van der Waals surface area contributed by atoms with E-state index >= 15 is 0 Å². The lowest BCUT2D eigenvalue weighted by Crippen LogP contribution is -2.39. The first-order valence-corrected chi connectivity index (χ1v) is 7.14. The van der Waals surface area contributed by atoms with Gasteiger partial charge in [-0.3, -0.25) is 9.69 Å². The molecule has 1 atom stereocenters. The van der Waals surface area contributed by atoms with Crippen molar-refractivity contribution in [2.24, 2.45) is 0 Å². The summed E-state index contributed by atoms with van der Waals surface area (Å²) in [6.07, 6.45) is 6.12. The van der Waals surface area contributed by atoms with Crippen LogP contribution < -0.4 is 4.74 Å². The zero-order valence-electron chi connectivity index (χ0n) is 11.9. The molecular formula is C15H22N2O3. The molecule has 0 spiro atoms. The van der Waals surface area contributed by atoms with E-state index in [4.69, 9.17) is 9.84 Å². The molecule has 1 saturated heterocycles. The van der Waals surface area contributed by atoms with Crippen molar-refractivity contribution in [3.8, 4) is 5.88 Å². The molecular weight excluding hydrogens is 256 g/mol. The Morgan fingerprint density at radius 1 is 1.55 bits per heavy atom. The molecule has 0 amide bonds. The van der Waals surface area contributed by atoms with Crippen molar-refractivity contribution >= 4 is 5.97 Å². The number of nitrogens with zero attached hydrogens (tertiary/aromatic N) is 2. The van der Waals surface area contributed by atoms with E-state index in [1.165, 1.54) is 12.8 Å². The second kappa shape index (κ2) is 7.24. The fourth-order valence-corrected chi connectivity index (χ4v) is 2.83. The van der Waals surface area contributed by atoms with Crippen molar-refractivity contribution in [1.29, 1.82) is 0 Å². The van der Waals surface area contributed by atoms with E-state index in [0.717, 1.165) is 31.5 Å². The third-order valence-electron chi connectivity index (χ3n) is 3.86. The first-order valence-electron chi connectivity index (χ1n) is 7.14. The fraction of sp³-hybridized carbons (Fsp3) is 0.600. The molecule has 1 unspecified atom stereocenters. The topological polar surface area (TPSA) is 62.7 Å². The van der Waals surface area contributed by atoms with Crippen molar-refractivity contribution < 1.29 is 14.6 Å². The van der Waals surface area contributed by atoms with Gasteiger partial charge in [0.1, 0.15) is 0 Å². The number of piperidine rings is 1. The monoisotopic (exact) mass is 278 g/mol. The van der Waals surface area contributed by atoms with Crippen LogP contribution in [0.2, 0.25) is 0 Å². The summed E-state index contributed by atoms with van der Waals surface area (Å²) in [4.78, 5) is 17.3. The highest BCUT2D eigenvalue weighted by molar-refractivity contribution is 5.66. The number of pyridine rings is 1. The third kappa shape index (κ3) is 3.93. The molecule has 0 bridgehead atoms. The van der Waals surface area contributed by atoms with Gasteiger partial charge in [0.25, 0.3) is 0 Å². The van der Waals surface area contributed by atoms with Crippen molar-refractivity contribution in [2.75, 3.05) is 13.7 Å². The van der Waals surface area contributed by atoms with E-state index in [-0.39, 0.29) is 6.42 Å². The summed E-state index contributed by atoms with van der Waals surface area (Å²) >= 11 is 0. The summed E-state index contributed by atoms with van der Waals surface area (Å²) in [6.45, 7) is 1.80. The Kier molecular flexibility index (Phi) is 5.35. The molecule has 1 fully saturated rings. The molecule has 1 aromatic heterocycles. The molecule has 110 valence electrons. The number of aliphatic carboxylic acids is 1. The van der Waals surface area contributed by atoms with Gasteiger partial charge in [-0.2, -0.15) is 0 Å². The molecule has 2 rings (SSSR count). The van der Waals surface area contributed by atoms with Gasteiger partial charge >= 0.3 is 5.97 Å². The Labute approximate surface area is 119 Å². The summed E-state index contributed by atoms with van der Waals surface area (Å²) in [5.74, 6) is -0.0514. The van der Waals surface area contributed by atoms with Crippen molar-refractivity contribution in [1.82, 2.24) is 9.88 Å². The quantitative estimate of drug-likeness (QED) is 0.865. The number of aromatic nitrogens is 1. The Morgan fingerprint density at radius 3 is 3.15 bits per heavy atom. The van der Waals surface area contributed by atoms with Gasteiger partial charge in [-0.1, -0.05) is 12.5 Å². The number of rotatable bonds is 6. The van der Waals surface area contributed by atoms with Gasteiger partial charge in [-0.25, -0.2) is 4.98 Å². The van der Waals surface area contributed by atoms with E-state index in [9.17, 15) is 4.79 Å². The SMILES string of the molecule is COc1ncccc1CN1CCCCC1CCC(=O)O. The van der Waals surface area contributed by atoms with Gasteiger partial charge in [-0.05, 0) is 31.9 Å². The number of methoxy groups -OCH3 is 1. The minimum Gasteiger partial charge on any atom is -0.481 e. The second-order valence-corrected chi connectivity index (χ2v) is 5.22. The van der Waals surface area contributed by atoms with E-state index in [1.807, 2.05) is 12.1 Å². The van der Waals surface area contributed by atoms with Crippen molar-refractivity contribution in [2.45, 2.75) is 44.7 Å². The third-order valence-corrected chi connectivity index (χ3v) is 3.86. The number of carboxylic acid groups (broad SMARTS) is 1. The predicted octanol–water partition coefficient (Wildman–Crippen LogP) is 2.31. The van der Waals surface area contributed by atoms with Crippen molar-refractivity contribution in [3.05, 3.63) is 23.9 Å². The van der Waals surface area contributed by atoms with Crippen LogP contribution in [0.5, 0.6) is 5.88 Å². The molecule has 5 nitrogen and oxygen atoms in total. The number of hydrogen-bond donors (Lipinski definition) is 1. The number of hydrogen-bond acceptors (Lipinski definition) is 4. The molecule has 1 aromatic rings. The van der Waals surface area contributed by atoms with E-state index in [0.29, 0.717) is 11.9 Å². The van der Waals surface area contributed by atoms with Gasteiger partial charge in [0, 0.05) is 30.8 Å². The number of carbonyl (C=O) groups is 1. The zero-order valence-corrected chi connectivity index (χ0v) is 11.9. The Morgan fingerprint density at radius 2 is 2.40 bits per heavy atom. The zero-order chi connectivity index (χ0) is 14.4. The molecule has 1 N–H and O–H groups in total. The largest absolute Gasteiger partial charge is 0.481 e. The predicted molar refractivity (Wildman–Crippen MR) is 75.7 cm³/mol. The first-order chi connectivity index (χ1) is 9.70. The highest BCUT2D eigenvalue weighted by Crippen LogP contribution is 2.25. The molecule has 0 aliphatic carbocycles. The average molecular weight is 278 g/mol. The minimum atomic E-state index is -0.713. The van der Waals surface area contributed by atoms with E-state index in [1.54, 1.807) is 13.3 Å². The van der Waals surface area contributed by atoms with Gasteiger partial charge in [-0.15, -0.1) is 0 Å². The van der Waals surface area contributed by atoms with Crippen molar-refractivity contribution in [3.63, 3.8) is 0 Å². The standard InChI is InChI=1S/C15H22N2O3/c1-20-15-12(5-4-9-16-15)11-17-10-3-2-6-13(17)7-8-14(18)19/h4-5,9,13H,2-3,6-8,10-11H2,1H3,(H,18,19). The maximum Gasteiger partial charge on any atom is 0.303 e. The van der Waals surface area contributed by atoms with Gasteiger partial charge in [0.15, 0.2) is 0 Å². The van der Waals surface area contributed by atoms with E-state index < -0.39 is 5.97 Å².